The first-order chi connectivity index (χ1) is 27.7. The number of aromatic hydroxyl groups is 1. The van der Waals surface area contributed by atoms with E-state index in [9.17, 15) is 24.3 Å². The topological polar surface area (TPSA) is 129 Å². The van der Waals surface area contributed by atoms with Crippen molar-refractivity contribution in [3.05, 3.63) is 107 Å². The lowest BCUT2D eigenvalue weighted by atomic mass is 10.0. The van der Waals surface area contributed by atoms with E-state index in [0.717, 1.165) is 107 Å². The highest BCUT2D eigenvalue weighted by molar-refractivity contribution is 7.22. The van der Waals surface area contributed by atoms with E-state index in [1.807, 2.05) is 36.4 Å². The van der Waals surface area contributed by atoms with Crippen molar-refractivity contribution in [3.8, 4) is 33.4 Å². The molecule has 1 atom stereocenters. The van der Waals surface area contributed by atoms with Gasteiger partial charge in [0.2, 0.25) is 11.8 Å². The van der Waals surface area contributed by atoms with Crippen LogP contribution in [0, 0.1) is 6.92 Å². The van der Waals surface area contributed by atoms with Gasteiger partial charge in [0.05, 0.1) is 16.0 Å². The van der Waals surface area contributed by atoms with Gasteiger partial charge in [-0.05, 0) is 124 Å². The molecule has 0 aliphatic carbocycles. The number of imide groups is 2. The predicted octanol–water partition coefficient (Wildman–Crippen LogP) is 7.19. The maximum atomic E-state index is 13.2. The van der Waals surface area contributed by atoms with Gasteiger partial charge in [0, 0.05) is 36.1 Å². The summed E-state index contributed by atoms with van der Waals surface area (Å²) < 4.78 is 13.6. The van der Waals surface area contributed by atoms with E-state index in [0.29, 0.717) is 23.5 Å². The second-order valence-electron chi connectivity index (χ2n) is 15.0. The second kappa shape index (κ2) is 16.9. The van der Waals surface area contributed by atoms with E-state index in [2.05, 4.69) is 46.3 Å². The Morgan fingerprint density at radius 2 is 1.53 bits per heavy atom. The third kappa shape index (κ3) is 8.58. The average Bonchev–Trinajstić information content (AvgIpc) is 3.55. The van der Waals surface area contributed by atoms with Crippen LogP contribution in [0.3, 0.4) is 0 Å². The minimum absolute atomic E-state index is 0.103. The minimum atomic E-state index is -0.953. The SMILES string of the molecule is Cc1ccc(-c2sc3cc(O)ccc3c2Oc2ccc(OCCN3CCCN(CCCCc4ccc5c(c4)C(=O)N(C4CCC(=O)NC4=O)C5=O)CC3)cc2)cc1. The maximum absolute atomic E-state index is 13.2. The lowest BCUT2D eigenvalue weighted by Crippen LogP contribution is -2.54. The van der Waals surface area contributed by atoms with Crippen molar-refractivity contribution in [1.29, 1.82) is 0 Å². The van der Waals surface area contributed by atoms with E-state index < -0.39 is 23.8 Å². The van der Waals surface area contributed by atoms with Crippen molar-refractivity contribution in [2.24, 2.45) is 0 Å². The number of thiophene rings is 1. The summed E-state index contributed by atoms with van der Waals surface area (Å²) in [6, 6.07) is 26.0. The molecule has 11 nitrogen and oxygen atoms in total. The molecule has 8 rings (SSSR count). The highest BCUT2D eigenvalue weighted by atomic mass is 32.1. The molecule has 4 heterocycles. The molecule has 0 saturated carbocycles. The molecular weight excluding hydrogens is 741 g/mol. The van der Waals surface area contributed by atoms with Gasteiger partial charge >= 0.3 is 0 Å². The fourth-order valence-electron chi connectivity index (χ4n) is 7.88. The molecule has 0 radical (unpaired) electrons. The number of rotatable bonds is 13. The summed E-state index contributed by atoms with van der Waals surface area (Å²) in [5, 5.41) is 13.3. The van der Waals surface area contributed by atoms with Gasteiger partial charge in [-0.1, -0.05) is 35.9 Å². The number of nitrogens with zero attached hydrogens (tertiary/aromatic N) is 3. The van der Waals surface area contributed by atoms with E-state index in [4.69, 9.17) is 9.47 Å². The predicted molar refractivity (Wildman–Crippen MR) is 219 cm³/mol. The highest BCUT2D eigenvalue weighted by Gasteiger charge is 2.44. The number of amides is 4. The van der Waals surface area contributed by atoms with Gasteiger partial charge in [-0.25, -0.2) is 0 Å². The Morgan fingerprint density at radius 3 is 2.30 bits per heavy atom. The lowest BCUT2D eigenvalue weighted by molar-refractivity contribution is -0.136. The molecule has 294 valence electrons. The van der Waals surface area contributed by atoms with Crippen LogP contribution in [0.25, 0.3) is 20.5 Å². The van der Waals surface area contributed by atoms with Crippen LogP contribution in [0.5, 0.6) is 23.0 Å². The monoisotopic (exact) mass is 786 g/mol. The Morgan fingerprint density at radius 1 is 0.789 bits per heavy atom. The van der Waals surface area contributed by atoms with Crippen LogP contribution >= 0.6 is 11.3 Å². The molecule has 4 aromatic carbocycles. The van der Waals surface area contributed by atoms with Crippen LogP contribution < -0.4 is 14.8 Å². The number of phenolic OH excluding ortho intramolecular Hbond substituents is 1. The first-order valence-corrected chi connectivity index (χ1v) is 20.5. The van der Waals surface area contributed by atoms with E-state index >= 15 is 0 Å². The number of hydrogen-bond donors (Lipinski definition) is 2. The summed E-state index contributed by atoms with van der Waals surface area (Å²) in [6.45, 7) is 8.57. The zero-order valence-corrected chi connectivity index (χ0v) is 32.8. The third-order valence-electron chi connectivity index (χ3n) is 11.0. The zero-order valence-electron chi connectivity index (χ0n) is 32.0. The molecule has 2 saturated heterocycles. The molecule has 3 aliphatic rings. The van der Waals surface area contributed by atoms with Crippen LogP contribution in [0.1, 0.15) is 63.9 Å². The molecule has 5 aromatic rings. The van der Waals surface area contributed by atoms with E-state index in [1.54, 1.807) is 35.6 Å². The number of fused-ring (bicyclic) bond motifs is 2. The molecule has 2 fully saturated rings. The van der Waals surface area contributed by atoms with Crippen molar-refractivity contribution in [3.63, 3.8) is 0 Å². The zero-order chi connectivity index (χ0) is 39.5. The normalized spacial score (nSPS) is 17.8. The quantitative estimate of drug-likeness (QED) is 0.0942. The van der Waals surface area contributed by atoms with Crippen LogP contribution in [-0.2, 0) is 16.0 Å². The smallest absolute Gasteiger partial charge is 0.262 e. The molecule has 57 heavy (non-hydrogen) atoms. The van der Waals surface area contributed by atoms with Crippen molar-refractivity contribution < 1.29 is 33.8 Å². The Bertz CT molecular complexity index is 2310. The molecule has 1 aromatic heterocycles. The number of phenols is 1. The molecule has 0 bridgehead atoms. The first-order valence-electron chi connectivity index (χ1n) is 19.7. The standard InChI is InChI=1S/C45H46N4O7S/c1-29-6-9-31(10-7-29)42-41(36-17-11-32(50)28-39(36)57-42)56-34-14-12-33(13-15-34)55-26-25-48-22-4-21-47(23-24-48)20-3-2-5-30-8-16-35-37(27-30)45(54)49(44(35)53)38-18-19-40(51)46-43(38)52/h6-17,27-28,38,50H,2-5,18-26H2,1H3,(H,46,51,52). The van der Waals surface area contributed by atoms with Crippen molar-refractivity contribution >= 4 is 45.1 Å². The lowest BCUT2D eigenvalue weighted by Gasteiger charge is -2.27. The number of piperidine rings is 1. The number of hydrogen-bond acceptors (Lipinski definition) is 10. The number of benzene rings is 4. The van der Waals surface area contributed by atoms with Crippen LogP contribution in [-0.4, -0.2) is 95.4 Å². The first kappa shape index (κ1) is 38.3. The fraction of sp³-hybridized carbons (Fsp3) is 0.333. The summed E-state index contributed by atoms with van der Waals surface area (Å²) in [7, 11) is 0. The van der Waals surface area contributed by atoms with Gasteiger partial charge in [-0.2, -0.15) is 0 Å². The van der Waals surface area contributed by atoms with Crippen LogP contribution in [0.15, 0.2) is 84.9 Å². The minimum Gasteiger partial charge on any atom is -0.508 e. The van der Waals surface area contributed by atoms with Crippen LogP contribution in [0.2, 0.25) is 0 Å². The maximum Gasteiger partial charge on any atom is 0.262 e. The molecule has 1 unspecified atom stereocenters. The Labute approximate surface area is 335 Å². The van der Waals surface area contributed by atoms with Crippen molar-refractivity contribution in [1.82, 2.24) is 20.0 Å². The fourth-order valence-corrected chi connectivity index (χ4v) is 9.05. The van der Waals surface area contributed by atoms with Gasteiger partial charge in [-0.3, -0.25) is 34.3 Å². The summed E-state index contributed by atoms with van der Waals surface area (Å²) in [6.07, 6.45) is 4.12. The van der Waals surface area contributed by atoms with Gasteiger partial charge in [0.25, 0.3) is 11.8 Å². The molecule has 12 heteroatoms. The number of ether oxygens (including phenoxy) is 2. The van der Waals surface area contributed by atoms with Gasteiger partial charge in [0.15, 0.2) is 5.75 Å². The Kier molecular flexibility index (Phi) is 11.4. The van der Waals surface area contributed by atoms with Crippen LogP contribution in [0.4, 0.5) is 0 Å². The van der Waals surface area contributed by atoms with E-state index in [-0.39, 0.29) is 24.5 Å². The number of aryl methyl sites for hydroxylation is 2. The second-order valence-corrected chi connectivity index (χ2v) is 16.1. The Balaban J connectivity index is 0.771. The number of carbonyl (C=O) groups excluding carboxylic acids is 4. The summed E-state index contributed by atoms with van der Waals surface area (Å²) in [4.78, 5) is 57.2. The molecular formula is C45H46N4O7S. The molecule has 0 spiro atoms. The number of nitrogens with one attached hydrogen (secondary N) is 1. The van der Waals surface area contributed by atoms with Gasteiger partial charge < -0.3 is 19.5 Å². The van der Waals surface area contributed by atoms with Gasteiger partial charge in [0.1, 0.15) is 29.9 Å². The summed E-state index contributed by atoms with van der Waals surface area (Å²) in [5.74, 6) is 0.602. The third-order valence-corrected chi connectivity index (χ3v) is 12.2. The van der Waals surface area contributed by atoms with E-state index in [1.165, 1.54) is 5.56 Å². The summed E-state index contributed by atoms with van der Waals surface area (Å²) >= 11 is 1.60. The molecule has 3 aliphatic heterocycles. The highest BCUT2D eigenvalue weighted by Crippen LogP contribution is 2.47. The number of unbranched alkanes of at least 4 members (excludes halogenated alkanes) is 1. The Hall–Kier alpha value is -5.56. The number of carbonyl (C=O) groups is 4. The molecule has 4 amide bonds. The van der Waals surface area contributed by atoms with Crippen molar-refractivity contribution in [2.45, 2.75) is 51.5 Å². The van der Waals surface area contributed by atoms with Gasteiger partial charge in [-0.15, -0.1) is 11.3 Å². The average molecular weight is 787 g/mol. The molecule has 2 N–H and O–H groups in total. The summed E-state index contributed by atoms with van der Waals surface area (Å²) in [5.41, 5.74) is 3.91. The largest absolute Gasteiger partial charge is 0.508 e. The van der Waals surface area contributed by atoms with Crippen molar-refractivity contribution in [2.75, 3.05) is 45.9 Å².